The number of halogens is 2. The second-order valence-corrected chi connectivity index (χ2v) is 5.66. The molecule has 0 unspecified atom stereocenters. The minimum absolute atomic E-state index is 0.208. The van der Waals surface area contributed by atoms with Crippen molar-refractivity contribution in [2.45, 2.75) is 0 Å². The fraction of sp³-hybridized carbons (Fsp3) is 0. The number of rotatable bonds is 2. The number of fused-ring (bicyclic) bond motifs is 2. The molecule has 0 aliphatic heterocycles. The van der Waals surface area contributed by atoms with Crippen LogP contribution in [0.4, 0.5) is 8.78 Å². The first-order valence-corrected chi connectivity index (χ1v) is 7.55. The highest BCUT2D eigenvalue weighted by atomic mass is 19.1. The van der Waals surface area contributed by atoms with Gasteiger partial charge in [0.25, 0.3) is 0 Å². The number of hydrogen-bond acceptors (Lipinski definition) is 3. The molecule has 0 radical (unpaired) electrons. The summed E-state index contributed by atoms with van der Waals surface area (Å²) >= 11 is 0. The van der Waals surface area contributed by atoms with Crippen molar-refractivity contribution in [3.63, 3.8) is 0 Å². The monoisotopic (exact) mass is 336 g/mol. The van der Waals surface area contributed by atoms with E-state index in [0.29, 0.717) is 17.2 Å². The lowest BCUT2D eigenvalue weighted by Crippen LogP contribution is -1.91. The summed E-state index contributed by atoms with van der Waals surface area (Å²) in [6, 6.07) is 9.16. The van der Waals surface area contributed by atoms with Crippen LogP contribution in [0, 0.1) is 11.6 Å². The first-order chi connectivity index (χ1) is 12.2. The number of benzene rings is 2. The van der Waals surface area contributed by atoms with Crippen LogP contribution in [0.1, 0.15) is 0 Å². The third-order valence-corrected chi connectivity index (χ3v) is 4.16. The Morgan fingerprint density at radius 2 is 2.00 bits per heavy atom. The molecule has 2 aromatic carbocycles. The molecule has 3 aromatic heterocycles. The summed E-state index contributed by atoms with van der Waals surface area (Å²) in [7, 11) is 0. The van der Waals surface area contributed by atoms with E-state index in [-0.39, 0.29) is 5.56 Å². The van der Waals surface area contributed by atoms with Gasteiger partial charge < -0.3 is 4.42 Å². The van der Waals surface area contributed by atoms with Crippen LogP contribution in [0.5, 0.6) is 0 Å². The van der Waals surface area contributed by atoms with E-state index >= 15 is 0 Å². The van der Waals surface area contributed by atoms with Gasteiger partial charge in [0, 0.05) is 28.8 Å². The van der Waals surface area contributed by atoms with Gasteiger partial charge in [-0.3, -0.25) is 9.50 Å². The fourth-order valence-electron chi connectivity index (χ4n) is 3.02. The van der Waals surface area contributed by atoms with Crippen LogP contribution < -0.4 is 0 Å². The van der Waals surface area contributed by atoms with E-state index in [1.165, 1.54) is 18.4 Å². The standard InChI is InChI=1S/C18H10F2N4O/c19-12-3-4-13(14(20)8-12)16-17(24-5-6-25-18(24)22-16)10-1-2-11-9-21-23-15(11)7-10/h1-9H,(H,21,23). The summed E-state index contributed by atoms with van der Waals surface area (Å²) in [6.07, 6.45) is 4.94. The van der Waals surface area contributed by atoms with E-state index in [1.54, 1.807) is 16.8 Å². The predicted molar refractivity (Wildman–Crippen MR) is 87.9 cm³/mol. The van der Waals surface area contributed by atoms with Gasteiger partial charge in [0.15, 0.2) is 0 Å². The quantitative estimate of drug-likeness (QED) is 0.519. The van der Waals surface area contributed by atoms with Crippen molar-refractivity contribution in [3.05, 3.63) is 66.7 Å². The third kappa shape index (κ3) is 2.06. The minimum atomic E-state index is -0.676. The van der Waals surface area contributed by atoms with Crippen molar-refractivity contribution in [1.29, 1.82) is 0 Å². The molecule has 0 aliphatic rings. The fourth-order valence-corrected chi connectivity index (χ4v) is 3.02. The van der Waals surface area contributed by atoms with E-state index in [1.807, 2.05) is 18.2 Å². The van der Waals surface area contributed by atoms with Crippen molar-refractivity contribution >= 4 is 16.7 Å². The number of aromatic nitrogens is 4. The molecule has 0 saturated heterocycles. The van der Waals surface area contributed by atoms with Crippen LogP contribution in [0.25, 0.3) is 39.3 Å². The average molecular weight is 336 g/mol. The second-order valence-electron chi connectivity index (χ2n) is 5.66. The first-order valence-electron chi connectivity index (χ1n) is 7.55. The molecule has 0 saturated carbocycles. The number of H-pyrrole nitrogens is 1. The Labute approximate surface area is 139 Å². The minimum Gasteiger partial charge on any atom is -0.432 e. The highest BCUT2D eigenvalue weighted by Gasteiger charge is 2.20. The van der Waals surface area contributed by atoms with Gasteiger partial charge in [0.2, 0.25) is 0 Å². The Kier molecular flexibility index (Phi) is 2.79. The largest absolute Gasteiger partial charge is 0.432 e. The summed E-state index contributed by atoms with van der Waals surface area (Å²) in [4.78, 5) is 4.39. The van der Waals surface area contributed by atoms with Gasteiger partial charge in [0.05, 0.1) is 17.4 Å². The molecule has 3 heterocycles. The lowest BCUT2D eigenvalue weighted by atomic mass is 10.0. The maximum absolute atomic E-state index is 14.3. The number of oxazole rings is 1. The molecule has 0 amide bonds. The SMILES string of the molecule is Fc1ccc(-c2nc3occn3c2-c2ccc3cn[nH]c3c2)c(F)c1. The van der Waals surface area contributed by atoms with Crippen LogP contribution in [0.3, 0.4) is 0 Å². The normalized spacial score (nSPS) is 11.6. The van der Waals surface area contributed by atoms with E-state index < -0.39 is 11.6 Å². The zero-order chi connectivity index (χ0) is 17.0. The van der Waals surface area contributed by atoms with Gasteiger partial charge in [-0.25, -0.2) is 8.78 Å². The number of nitrogens with one attached hydrogen (secondary N) is 1. The lowest BCUT2D eigenvalue weighted by molar-refractivity contribution is 0.585. The summed E-state index contributed by atoms with van der Waals surface area (Å²) in [6.45, 7) is 0. The third-order valence-electron chi connectivity index (χ3n) is 4.16. The molecule has 5 rings (SSSR count). The molecule has 122 valence electrons. The number of aromatic amines is 1. The van der Waals surface area contributed by atoms with Gasteiger partial charge >= 0.3 is 5.84 Å². The van der Waals surface area contributed by atoms with E-state index in [9.17, 15) is 8.78 Å². The van der Waals surface area contributed by atoms with E-state index in [4.69, 9.17) is 4.42 Å². The molecule has 5 nitrogen and oxygen atoms in total. The highest BCUT2D eigenvalue weighted by Crippen LogP contribution is 2.35. The van der Waals surface area contributed by atoms with Crippen LogP contribution in [0.2, 0.25) is 0 Å². The summed E-state index contributed by atoms with van der Waals surface area (Å²) < 4.78 is 34.7. The Bertz CT molecular complexity index is 1230. The zero-order valence-electron chi connectivity index (χ0n) is 12.7. The Morgan fingerprint density at radius 1 is 1.08 bits per heavy atom. The molecule has 0 aliphatic carbocycles. The number of hydrogen-bond donors (Lipinski definition) is 1. The molecule has 0 bridgehead atoms. The predicted octanol–water partition coefficient (Wildman–Crippen LogP) is 4.42. The van der Waals surface area contributed by atoms with Gasteiger partial charge in [0.1, 0.15) is 23.6 Å². The summed E-state index contributed by atoms with van der Waals surface area (Å²) in [5.74, 6) is -0.979. The molecule has 7 heteroatoms. The van der Waals surface area contributed by atoms with Crippen molar-refractivity contribution in [2.75, 3.05) is 0 Å². The van der Waals surface area contributed by atoms with Gasteiger partial charge in [-0.2, -0.15) is 10.1 Å². The molecule has 25 heavy (non-hydrogen) atoms. The smallest absolute Gasteiger partial charge is 0.306 e. The Morgan fingerprint density at radius 3 is 2.88 bits per heavy atom. The van der Waals surface area contributed by atoms with E-state index in [0.717, 1.165) is 22.5 Å². The molecule has 0 spiro atoms. The van der Waals surface area contributed by atoms with Crippen LogP contribution in [-0.4, -0.2) is 19.6 Å². The summed E-state index contributed by atoms with van der Waals surface area (Å²) in [5, 5.41) is 7.89. The van der Waals surface area contributed by atoms with Crippen molar-refractivity contribution in [1.82, 2.24) is 19.6 Å². The Hall–Kier alpha value is -3.48. The highest BCUT2D eigenvalue weighted by molar-refractivity contribution is 5.88. The lowest BCUT2D eigenvalue weighted by Gasteiger charge is -2.06. The van der Waals surface area contributed by atoms with Gasteiger partial charge in [-0.1, -0.05) is 12.1 Å². The molecule has 0 fully saturated rings. The van der Waals surface area contributed by atoms with Crippen molar-refractivity contribution in [2.24, 2.45) is 0 Å². The number of imidazole rings is 1. The molecule has 5 aromatic rings. The van der Waals surface area contributed by atoms with Crippen molar-refractivity contribution < 1.29 is 13.2 Å². The topological polar surface area (TPSA) is 59.1 Å². The summed E-state index contributed by atoms with van der Waals surface area (Å²) in [5.41, 5.74) is 2.91. The molecule has 1 N–H and O–H groups in total. The van der Waals surface area contributed by atoms with E-state index in [2.05, 4.69) is 15.2 Å². The maximum Gasteiger partial charge on any atom is 0.306 e. The molecular weight excluding hydrogens is 326 g/mol. The Balaban J connectivity index is 1.82. The molecule has 0 atom stereocenters. The first kappa shape index (κ1) is 13.9. The van der Waals surface area contributed by atoms with Crippen LogP contribution in [0.15, 0.2) is 59.5 Å². The van der Waals surface area contributed by atoms with Crippen LogP contribution >= 0.6 is 0 Å². The second kappa shape index (κ2) is 5.01. The molecular formula is C18H10F2N4O. The number of nitrogens with zero attached hydrogens (tertiary/aromatic N) is 3. The van der Waals surface area contributed by atoms with Gasteiger partial charge in [-0.15, -0.1) is 0 Å². The van der Waals surface area contributed by atoms with Crippen molar-refractivity contribution in [3.8, 4) is 22.5 Å². The zero-order valence-corrected chi connectivity index (χ0v) is 12.7. The van der Waals surface area contributed by atoms with Crippen LogP contribution in [-0.2, 0) is 0 Å². The maximum atomic E-state index is 14.3. The average Bonchev–Trinajstić information content (AvgIpc) is 3.29. The van der Waals surface area contributed by atoms with Gasteiger partial charge in [-0.05, 0) is 18.2 Å².